The number of halogens is 1. The molecule has 1 fully saturated rings. The number of urea groups is 1. The summed E-state index contributed by atoms with van der Waals surface area (Å²) in [6.07, 6.45) is 3.42. The summed E-state index contributed by atoms with van der Waals surface area (Å²) in [7, 11) is 0. The lowest BCUT2D eigenvalue weighted by atomic mass is 9.99. The summed E-state index contributed by atoms with van der Waals surface area (Å²) in [6.45, 7) is 5.53. The molecule has 1 aliphatic heterocycles. The van der Waals surface area contributed by atoms with Crippen molar-refractivity contribution < 1.29 is 9.90 Å². The van der Waals surface area contributed by atoms with E-state index in [4.69, 9.17) is 11.6 Å². The van der Waals surface area contributed by atoms with Gasteiger partial charge < -0.3 is 20.6 Å². The summed E-state index contributed by atoms with van der Waals surface area (Å²) in [5, 5.41) is 15.9. The molecular weight excluding hydrogens is 316 g/mol. The van der Waals surface area contributed by atoms with Gasteiger partial charge in [-0.05, 0) is 43.5 Å². The van der Waals surface area contributed by atoms with Crippen molar-refractivity contribution in [2.24, 2.45) is 5.92 Å². The number of carbonyl (C=O) groups is 1. The third-order valence-electron chi connectivity index (χ3n) is 4.09. The first kappa shape index (κ1) is 18.0. The van der Waals surface area contributed by atoms with Gasteiger partial charge in [0.05, 0.1) is 6.10 Å². The van der Waals surface area contributed by atoms with Crippen LogP contribution in [0.4, 0.5) is 4.79 Å². The molecule has 6 nitrogen and oxygen atoms in total. The average Bonchev–Trinajstić information content (AvgIpc) is 2.54. The van der Waals surface area contributed by atoms with E-state index >= 15 is 0 Å². The van der Waals surface area contributed by atoms with Crippen molar-refractivity contribution in [2.45, 2.75) is 32.4 Å². The van der Waals surface area contributed by atoms with E-state index < -0.39 is 6.10 Å². The lowest BCUT2D eigenvalue weighted by Gasteiger charge is -2.31. The summed E-state index contributed by atoms with van der Waals surface area (Å²) in [5.74, 6) is 0.773. The van der Waals surface area contributed by atoms with Crippen LogP contribution in [0.15, 0.2) is 18.3 Å². The molecule has 0 aromatic carbocycles. The second kappa shape index (κ2) is 9.05. The minimum Gasteiger partial charge on any atom is -0.390 e. The highest BCUT2D eigenvalue weighted by atomic mass is 35.5. The van der Waals surface area contributed by atoms with Gasteiger partial charge in [-0.3, -0.25) is 0 Å². The van der Waals surface area contributed by atoms with Gasteiger partial charge in [0.25, 0.3) is 0 Å². The van der Waals surface area contributed by atoms with E-state index in [1.165, 1.54) is 12.8 Å². The fraction of sp³-hybridized carbons (Fsp3) is 0.625. The van der Waals surface area contributed by atoms with Gasteiger partial charge in [0.2, 0.25) is 0 Å². The molecule has 0 saturated carbocycles. The van der Waals surface area contributed by atoms with E-state index in [-0.39, 0.29) is 12.6 Å². The van der Waals surface area contributed by atoms with Crippen molar-refractivity contribution in [3.05, 3.63) is 29.0 Å². The lowest BCUT2D eigenvalue weighted by Crippen LogP contribution is -2.45. The highest BCUT2D eigenvalue weighted by Gasteiger charge is 2.18. The van der Waals surface area contributed by atoms with Crippen molar-refractivity contribution in [1.29, 1.82) is 0 Å². The largest absolute Gasteiger partial charge is 0.390 e. The van der Waals surface area contributed by atoms with Crippen LogP contribution in [0.3, 0.4) is 0 Å². The topological polar surface area (TPSA) is 77.5 Å². The molecule has 2 rings (SSSR count). The number of carbonyl (C=O) groups excluding carboxylic acids is 1. The Balaban J connectivity index is 1.60. The van der Waals surface area contributed by atoms with E-state index in [0.29, 0.717) is 18.2 Å². The summed E-state index contributed by atoms with van der Waals surface area (Å²) in [5.41, 5.74) is 0.868. The predicted octanol–water partition coefficient (Wildman–Crippen LogP) is 1.63. The number of likely N-dealkylation sites (tertiary alicyclic amines) is 1. The molecule has 2 amide bonds. The number of rotatable bonds is 6. The molecule has 1 aliphatic rings. The second-order valence-electron chi connectivity index (χ2n) is 6.19. The van der Waals surface area contributed by atoms with Gasteiger partial charge in [-0.1, -0.05) is 24.6 Å². The Labute approximate surface area is 142 Å². The molecule has 128 valence electrons. The maximum atomic E-state index is 11.7. The number of hydrogen-bond acceptors (Lipinski definition) is 4. The fourth-order valence-electron chi connectivity index (χ4n) is 2.57. The molecule has 1 aromatic heterocycles. The van der Waals surface area contributed by atoms with Crippen molar-refractivity contribution in [2.75, 3.05) is 26.2 Å². The number of nitrogens with zero attached hydrogens (tertiary/aromatic N) is 2. The Hall–Kier alpha value is -1.37. The second-order valence-corrected chi connectivity index (χ2v) is 6.58. The van der Waals surface area contributed by atoms with Crippen LogP contribution in [-0.4, -0.2) is 53.3 Å². The molecule has 1 aromatic rings. The monoisotopic (exact) mass is 340 g/mol. The molecule has 7 heteroatoms. The van der Waals surface area contributed by atoms with E-state index in [2.05, 4.69) is 27.4 Å². The Bertz CT molecular complexity index is 489. The first-order valence-corrected chi connectivity index (χ1v) is 8.43. The van der Waals surface area contributed by atoms with Crippen LogP contribution in [0.5, 0.6) is 0 Å². The minimum atomic E-state index is -0.550. The Kier molecular flexibility index (Phi) is 7.08. The third kappa shape index (κ3) is 6.72. The number of hydrogen-bond donors (Lipinski definition) is 3. The summed E-state index contributed by atoms with van der Waals surface area (Å²) in [4.78, 5) is 17.9. The van der Waals surface area contributed by atoms with Gasteiger partial charge in [-0.15, -0.1) is 0 Å². The van der Waals surface area contributed by atoms with Crippen LogP contribution < -0.4 is 10.6 Å². The van der Waals surface area contributed by atoms with E-state index in [1.54, 1.807) is 12.3 Å². The van der Waals surface area contributed by atoms with Gasteiger partial charge in [-0.25, -0.2) is 9.78 Å². The molecule has 0 aliphatic carbocycles. The van der Waals surface area contributed by atoms with E-state index in [0.717, 1.165) is 24.6 Å². The van der Waals surface area contributed by atoms with Crippen molar-refractivity contribution in [3.63, 3.8) is 0 Å². The maximum Gasteiger partial charge on any atom is 0.315 e. The number of pyridine rings is 1. The molecule has 1 saturated heterocycles. The standard InChI is InChI=1S/C16H25ClN4O2/c1-12-4-6-21(7-5-12)11-14(22)10-20-16(23)19-9-13-2-3-15(17)18-8-13/h2-3,8,12,14,22H,4-7,9-11H2,1H3,(H2,19,20,23). The van der Waals surface area contributed by atoms with Crippen molar-refractivity contribution in [1.82, 2.24) is 20.5 Å². The van der Waals surface area contributed by atoms with Crippen LogP contribution in [0, 0.1) is 5.92 Å². The quantitative estimate of drug-likeness (QED) is 0.688. The fourth-order valence-corrected chi connectivity index (χ4v) is 2.69. The first-order chi connectivity index (χ1) is 11.0. The van der Waals surface area contributed by atoms with E-state index in [9.17, 15) is 9.90 Å². The predicted molar refractivity (Wildman–Crippen MR) is 90.3 cm³/mol. The van der Waals surface area contributed by atoms with Crippen LogP contribution in [0.25, 0.3) is 0 Å². The highest BCUT2D eigenvalue weighted by molar-refractivity contribution is 6.29. The summed E-state index contributed by atoms with van der Waals surface area (Å²) >= 11 is 5.70. The van der Waals surface area contributed by atoms with Crippen LogP contribution in [0.2, 0.25) is 5.15 Å². The number of aromatic nitrogens is 1. The molecule has 0 spiro atoms. The van der Waals surface area contributed by atoms with Crippen LogP contribution in [0.1, 0.15) is 25.3 Å². The molecule has 1 atom stereocenters. The highest BCUT2D eigenvalue weighted by Crippen LogP contribution is 2.15. The van der Waals surface area contributed by atoms with Gasteiger partial charge in [0, 0.05) is 25.8 Å². The maximum absolute atomic E-state index is 11.7. The SMILES string of the molecule is CC1CCN(CC(O)CNC(=O)NCc2ccc(Cl)nc2)CC1. The molecule has 0 radical (unpaired) electrons. The normalized spacial score (nSPS) is 17.7. The Morgan fingerprint density at radius 1 is 1.43 bits per heavy atom. The third-order valence-corrected chi connectivity index (χ3v) is 4.31. The average molecular weight is 341 g/mol. The lowest BCUT2D eigenvalue weighted by molar-refractivity contribution is 0.0920. The number of β-amino-alcohol motifs (C(OH)–C–C–N with tert-alkyl or cyclic N) is 1. The van der Waals surface area contributed by atoms with Gasteiger partial charge in [-0.2, -0.15) is 0 Å². The zero-order chi connectivity index (χ0) is 16.7. The molecule has 3 N–H and O–H groups in total. The zero-order valence-corrected chi connectivity index (χ0v) is 14.2. The molecular formula is C16H25ClN4O2. The van der Waals surface area contributed by atoms with Crippen molar-refractivity contribution >= 4 is 17.6 Å². The Morgan fingerprint density at radius 3 is 2.83 bits per heavy atom. The Morgan fingerprint density at radius 2 is 2.17 bits per heavy atom. The first-order valence-electron chi connectivity index (χ1n) is 8.05. The smallest absolute Gasteiger partial charge is 0.315 e. The van der Waals surface area contributed by atoms with E-state index in [1.807, 2.05) is 6.07 Å². The molecule has 23 heavy (non-hydrogen) atoms. The van der Waals surface area contributed by atoms with Crippen LogP contribution >= 0.6 is 11.6 Å². The van der Waals surface area contributed by atoms with Gasteiger partial charge in [0.15, 0.2) is 0 Å². The number of aliphatic hydroxyl groups is 1. The summed E-state index contributed by atoms with van der Waals surface area (Å²) in [6, 6.07) is 3.19. The zero-order valence-electron chi connectivity index (χ0n) is 13.5. The minimum absolute atomic E-state index is 0.247. The summed E-state index contributed by atoms with van der Waals surface area (Å²) < 4.78 is 0. The number of piperidine rings is 1. The number of amides is 2. The van der Waals surface area contributed by atoms with Gasteiger partial charge in [0.1, 0.15) is 5.15 Å². The van der Waals surface area contributed by atoms with Crippen molar-refractivity contribution in [3.8, 4) is 0 Å². The molecule has 1 unspecified atom stereocenters. The van der Waals surface area contributed by atoms with Crippen LogP contribution in [-0.2, 0) is 6.54 Å². The molecule has 2 heterocycles. The number of nitrogens with one attached hydrogen (secondary N) is 2. The number of aliphatic hydroxyl groups excluding tert-OH is 1. The molecule has 0 bridgehead atoms. The van der Waals surface area contributed by atoms with Gasteiger partial charge >= 0.3 is 6.03 Å².